The molecule has 1 nitrogen and oxygen atoms in total. The van der Waals surface area contributed by atoms with Crippen LogP contribution in [0.25, 0.3) is 5.57 Å². The highest BCUT2D eigenvalue weighted by molar-refractivity contribution is 6.70. The van der Waals surface area contributed by atoms with E-state index >= 15 is 0 Å². The molecule has 0 amide bonds. The van der Waals surface area contributed by atoms with Gasteiger partial charge in [-0.25, -0.2) is 0 Å². The number of hydrogen-bond acceptors (Lipinski definition) is 1. The van der Waals surface area contributed by atoms with Crippen molar-refractivity contribution in [3.63, 3.8) is 0 Å². The summed E-state index contributed by atoms with van der Waals surface area (Å²) < 4.78 is 6.26. The minimum absolute atomic E-state index is 1.12. The van der Waals surface area contributed by atoms with Crippen LogP contribution in [-0.2, 0) is 4.43 Å². The van der Waals surface area contributed by atoms with E-state index in [0.29, 0.717) is 0 Å². The third-order valence-corrected chi connectivity index (χ3v) is 3.83. The van der Waals surface area contributed by atoms with Gasteiger partial charge in [-0.3, -0.25) is 0 Å². The zero-order valence-corrected chi connectivity index (χ0v) is 12.1. The fourth-order valence-corrected chi connectivity index (χ4v) is 3.27. The summed E-state index contributed by atoms with van der Waals surface area (Å²) in [5.41, 5.74) is 2.79. The van der Waals surface area contributed by atoms with E-state index in [2.05, 4.69) is 50.0 Å². The molecule has 0 bridgehead atoms. The quantitative estimate of drug-likeness (QED) is 0.695. The lowest BCUT2D eigenvalue weighted by Gasteiger charge is -2.27. The predicted molar refractivity (Wildman–Crippen MR) is 76.3 cm³/mol. The van der Waals surface area contributed by atoms with Gasteiger partial charge in [0.15, 0.2) is 0 Å². The number of allylic oxidation sites excluding steroid dienone is 2. The molecule has 2 heteroatoms. The molecule has 1 aliphatic carbocycles. The van der Waals surface area contributed by atoms with E-state index in [1.54, 1.807) is 0 Å². The van der Waals surface area contributed by atoms with Crippen molar-refractivity contribution >= 4 is 13.9 Å². The lowest BCUT2D eigenvalue weighted by Crippen LogP contribution is -2.26. The van der Waals surface area contributed by atoms with Crippen LogP contribution in [0, 0.1) is 0 Å². The first-order chi connectivity index (χ1) is 8.06. The van der Waals surface area contributed by atoms with Gasteiger partial charge in [0.1, 0.15) is 0 Å². The number of benzene rings is 1. The molecule has 92 valence electrons. The monoisotopic (exact) mass is 246 g/mol. The molecule has 1 aromatic rings. The van der Waals surface area contributed by atoms with Gasteiger partial charge in [-0.1, -0.05) is 30.3 Å². The molecule has 0 radical (unpaired) electrons. The van der Waals surface area contributed by atoms with Crippen LogP contribution in [0.2, 0.25) is 19.6 Å². The topological polar surface area (TPSA) is 9.23 Å². The fourth-order valence-electron chi connectivity index (χ4n) is 2.30. The van der Waals surface area contributed by atoms with E-state index in [-0.39, 0.29) is 0 Å². The van der Waals surface area contributed by atoms with Gasteiger partial charge < -0.3 is 4.43 Å². The molecule has 0 atom stereocenters. The SMILES string of the molecule is C[Si](C)(C)OC1=C(c2ccccc2)CCCC1. The summed E-state index contributed by atoms with van der Waals surface area (Å²) in [4.78, 5) is 0. The Morgan fingerprint density at radius 3 is 2.24 bits per heavy atom. The van der Waals surface area contributed by atoms with Crippen molar-refractivity contribution in [1.82, 2.24) is 0 Å². The van der Waals surface area contributed by atoms with E-state index in [9.17, 15) is 0 Å². The maximum atomic E-state index is 6.26. The van der Waals surface area contributed by atoms with Gasteiger partial charge in [0, 0.05) is 6.42 Å². The second-order valence-corrected chi connectivity index (χ2v) is 10.1. The van der Waals surface area contributed by atoms with Crippen molar-refractivity contribution in [3.05, 3.63) is 41.7 Å². The van der Waals surface area contributed by atoms with Crippen LogP contribution in [0.3, 0.4) is 0 Å². The van der Waals surface area contributed by atoms with Crippen molar-refractivity contribution in [2.24, 2.45) is 0 Å². The molecule has 2 rings (SSSR count). The van der Waals surface area contributed by atoms with Crippen molar-refractivity contribution in [1.29, 1.82) is 0 Å². The van der Waals surface area contributed by atoms with E-state index in [1.165, 1.54) is 36.2 Å². The average molecular weight is 246 g/mol. The summed E-state index contributed by atoms with van der Waals surface area (Å²) in [6, 6.07) is 10.7. The molecule has 17 heavy (non-hydrogen) atoms. The van der Waals surface area contributed by atoms with Crippen molar-refractivity contribution in [2.45, 2.75) is 45.3 Å². The van der Waals surface area contributed by atoms with Crippen LogP contribution in [-0.4, -0.2) is 8.32 Å². The van der Waals surface area contributed by atoms with E-state index in [1.807, 2.05) is 0 Å². The molecule has 0 aromatic heterocycles. The summed E-state index contributed by atoms with van der Waals surface area (Å²) in [6.07, 6.45) is 4.86. The Kier molecular flexibility index (Phi) is 3.72. The summed E-state index contributed by atoms with van der Waals surface area (Å²) in [5, 5.41) is 0. The largest absolute Gasteiger partial charge is 0.547 e. The van der Waals surface area contributed by atoms with Crippen LogP contribution in [0.1, 0.15) is 31.2 Å². The zero-order valence-electron chi connectivity index (χ0n) is 11.1. The summed E-state index contributed by atoms with van der Waals surface area (Å²) in [6.45, 7) is 6.78. The van der Waals surface area contributed by atoms with E-state index in [0.717, 1.165) is 6.42 Å². The molecule has 0 spiro atoms. The Labute approximate surface area is 106 Å². The van der Waals surface area contributed by atoms with Gasteiger partial charge in [0.25, 0.3) is 0 Å². The Balaban J connectivity index is 2.32. The van der Waals surface area contributed by atoms with Crippen LogP contribution >= 0.6 is 0 Å². The maximum absolute atomic E-state index is 6.26. The van der Waals surface area contributed by atoms with Gasteiger partial charge in [0.2, 0.25) is 8.32 Å². The lowest BCUT2D eigenvalue weighted by atomic mass is 9.92. The van der Waals surface area contributed by atoms with Crippen LogP contribution in [0.4, 0.5) is 0 Å². The first-order valence-electron chi connectivity index (χ1n) is 6.53. The molecule has 0 heterocycles. The van der Waals surface area contributed by atoms with Gasteiger partial charge in [-0.2, -0.15) is 0 Å². The van der Waals surface area contributed by atoms with E-state index < -0.39 is 8.32 Å². The number of rotatable bonds is 3. The normalized spacial score (nSPS) is 17.1. The van der Waals surface area contributed by atoms with Crippen molar-refractivity contribution in [2.75, 3.05) is 0 Å². The minimum atomic E-state index is -1.48. The van der Waals surface area contributed by atoms with Crippen LogP contribution < -0.4 is 0 Å². The van der Waals surface area contributed by atoms with Gasteiger partial charge in [-0.15, -0.1) is 0 Å². The molecular formula is C15H22OSi. The first-order valence-corrected chi connectivity index (χ1v) is 9.93. The molecule has 0 saturated heterocycles. The minimum Gasteiger partial charge on any atom is -0.547 e. The molecule has 0 N–H and O–H groups in total. The average Bonchev–Trinajstić information content (AvgIpc) is 2.29. The van der Waals surface area contributed by atoms with Gasteiger partial charge in [-0.05, 0) is 50.0 Å². The molecule has 1 aromatic carbocycles. The lowest BCUT2D eigenvalue weighted by molar-refractivity contribution is 0.385. The van der Waals surface area contributed by atoms with Gasteiger partial charge >= 0.3 is 0 Å². The molecule has 0 fully saturated rings. The number of hydrogen-bond donors (Lipinski definition) is 0. The predicted octanol–water partition coefficient (Wildman–Crippen LogP) is 4.82. The third-order valence-electron chi connectivity index (χ3n) is 2.97. The van der Waals surface area contributed by atoms with Crippen molar-refractivity contribution in [3.8, 4) is 0 Å². The summed E-state index contributed by atoms with van der Waals surface area (Å²) >= 11 is 0. The molecule has 0 saturated carbocycles. The summed E-state index contributed by atoms with van der Waals surface area (Å²) in [5.74, 6) is 1.27. The molecule has 1 aliphatic rings. The van der Waals surface area contributed by atoms with Crippen molar-refractivity contribution < 1.29 is 4.43 Å². The fraction of sp³-hybridized carbons (Fsp3) is 0.467. The maximum Gasteiger partial charge on any atom is 0.241 e. The Bertz CT molecular complexity index is 401. The van der Waals surface area contributed by atoms with Crippen LogP contribution in [0.15, 0.2) is 36.1 Å². The van der Waals surface area contributed by atoms with Crippen LogP contribution in [0.5, 0.6) is 0 Å². The summed E-state index contributed by atoms with van der Waals surface area (Å²) in [7, 11) is -1.48. The molecular weight excluding hydrogens is 224 g/mol. The van der Waals surface area contributed by atoms with E-state index in [4.69, 9.17) is 4.43 Å². The Morgan fingerprint density at radius 1 is 0.941 bits per heavy atom. The van der Waals surface area contributed by atoms with Gasteiger partial charge in [0.05, 0.1) is 5.76 Å². The highest BCUT2D eigenvalue weighted by Gasteiger charge is 2.22. The molecule has 0 unspecified atom stereocenters. The highest BCUT2D eigenvalue weighted by atomic mass is 28.4. The zero-order chi connectivity index (χ0) is 12.3. The second kappa shape index (κ2) is 5.09. The highest BCUT2D eigenvalue weighted by Crippen LogP contribution is 2.34. The second-order valence-electron chi connectivity index (χ2n) is 5.69. The standard InChI is InChI=1S/C15H22OSi/c1-17(2,3)16-15-12-8-7-11-14(15)13-9-5-4-6-10-13/h4-6,9-10H,7-8,11-12H2,1-3H3. The Hall–Kier alpha value is -1.02. The smallest absolute Gasteiger partial charge is 0.241 e. The Morgan fingerprint density at radius 2 is 1.59 bits per heavy atom. The first kappa shape index (κ1) is 12.4. The third kappa shape index (κ3) is 3.47. The molecule has 0 aliphatic heterocycles.